The SMILES string of the molecule is Cn1ccc(NC(=O)c2cccc(S(=O)(=O)Nc3ccc(F)cc3)c2)n1. The van der Waals surface area contributed by atoms with E-state index in [0.717, 1.165) is 12.1 Å². The molecule has 9 heteroatoms. The first kappa shape index (κ1) is 17.6. The predicted molar refractivity (Wildman–Crippen MR) is 94.8 cm³/mol. The number of aryl methyl sites for hydroxylation is 1. The highest BCUT2D eigenvalue weighted by Gasteiger charge is 2.17. The Morgan fingerprint density at radius 1 is 1.12 bits per heavy atom. The van der Waals surface area contributed by atoms with E-state index in [1.54, 1.807) is 19.3 Å². The van der Waals surface area contributed by atoms with Crippen LogP contribution in [0.3, 0.4) is 0 Å². The Kier molecular flexibility index (Phi) is 4.72. The zero-order chi connectivity index (χ0) is 18.7. The number of anilines is 2. The maximum Gasteiger partial charge on any atom is 0.261 e. The second-order valence-electron chi connectivity index (χ2n) is 5.47. The lowest BCUT2D eigenvalue weighted by Crippen LogP contribution is -2.16. The average Bonchev–Trinajstić information content (AvgIpc) is 3.02. The van der Waals surface area contributed by atoms with Crippen molar-refractivity contribution in [2.75, 3.05) is 10.0 Å². The van der Waals surface area contributed by atoms with Crippen molar-refractivity contribution < 1.29 is 17.6 Å². The molecule has 0 spiro atoms. The number of hydrogen-bond acceptors (Lipinski definition) is 4. The fourth-order valence-electron chi connectivity index (χ4n) is 2.21. The lowest BCUT2D eigenvalue weighted by molar-refractivity contribution is 0.102. The Bertz CT molecular complexity index is 1050. The van der Waals surface area contributed by atoms with E-state index in [2.05, 4.69) is 15.1 Å². The summed E-state index contributed by atoms with van der Waals surface area (Å²) in [5.74, 6) is -0.598. The van der Waals surface area contributed by atoms with Crippen LogP contribution in [0.25, 0.3) is 0 Å². The molecule has 26 heavy (non-hydrogen) atoms. The number of aromatic nitrogens is 2. The zero-order valence-electron chi connectivity index (χ0n) is 13.7. The van der Waals surface area contributed by atoms with Crippen LogP contribution in [-0.2, 0) is 17.1 Å². The minimum atomic E-state index is -3.92. The van der Waals surface area contributed by atoms with E-state index < -0.39 is 21.7 Å². The molecule has 0 fully saturated rings. The van der Waals surface area contributed by atoms with Gasteiger partial charge in [-0.1, -0.05) is 6.07 Å². The van der Waals surface area contributed by atoms with Crippen LogP contribution in [-0.4, -0.2) is 24.1 Å². The number of sulfonamides is 1. The van der Waals surface area contributed by atoms with Gasteiger partial charge in [-0.05, 0) is 42.5 Å². The summed E-state index contributed by atoms with van der Waals surface area (Å²) in [5.41, 5.74) is 0.382. The second-order valence-corrected chi connectivity index (χ2v) is 7.15. The molecule has 1 heterocycles. The number of amides is 1. The molecule has 134 valence electrons. The minimum absolute atomic E-state index is 0.0875. The van der Waals surface area contributed by atoms with Crippen LogP contribution in [0.4, 0.5) is 15.9 Å². The summed E-state index contributed by atoms with van der Waals surface area (Å²) in [6.45, 7) is 0. The van der Waals surface area contributed by atoms with Gasteiger partial charge in [0.05, 0.1) is 4.90 Å². The molecule has 0 radical (unpaired) electrons. The van der Waals surface area contributed by atoms with Crippen molar-refractivity contribution >= 4 is 27.4 Å². The van der Waals surface area contributed by atoms with E-state index in [1.807, 2.05) is 0 Å². The summed E-state index contributed by atoms with van der Waals surface area (Å²) in [4.78, 5) is 12.2. The highest BCUT2D eigenvalue weighted by molar-refractivity contribution is 7.92. The number of nitrogens with zero attached hydrogens (tertiary/aromatic N) is 2. The molecule has 0 aliphatic carbocycles. The van der Waals surface area contributed by atoms with Gasteiger partial charge in [0.15, 0.2) is 5.82 Å². The van der Waals surface area contributed by atoms with Gasteiger partial charge in [-0.25, -0.2) is 12.8 Å². The van der Waals surface area contributed by atoms with Crippen LogP contribution in [0.5, 0.6) is 0 Å². The molecule has 1 amide bonds. The van der Waals surface area contributed by atoms with Gasteiger partial charge in [0, 0.05) is 30.6 Å². The van der Waals surface area contributed by atoms with E-state index >= 15 is 0 Å². The number of nitrogens with one attached hydrogen (secondary N) is 2. The van der Waals surface area contributed by atoms with E-state index in [-0.39, 0.29) is 16.1 Å². The van der Waals surface area contributed by atoms with E-state index in [4.69, 9.17) is 0 Å². The van der Waals surface area contributed by atoms with Crippen LogP contribution in [0, 0.1) is 5.82 Å². The number of rotatable bonds is 5. The molecule has 7 nitrogen and oxygen atoms in total. The van der Waals surface area contributed by atoms with Crippen molar-refractivity contribution in [1.29, 1.82) is 0 Å². The molecule has 1 aromatic heterocycles. The maximum absolute atomic E-state index is 12.9. The Morgan fingerprint density at radius 3 is 2.50 bits per heavy atom. The summed E-state index contributed by atoms with van der Waals surface area (Å²) in [7, 11) is -2.21. The smallest absolute Gasteiger partial charge is 0.261 e. The molecule has 2 aromatic carbocycles. The highest BCUT2D eigenvalue weighted by Crippen LogP contribution is 2.18. The third-order valence-electron chi connectivity index (χ3n) is 3.46. The van der Waals surface area contributed by atoms with Gasteiger partial charge < -0.3 is 5.32 Å². The van der Waals surface area contributed by atoms with Crippen LogP contribution in [0.2, 0.25) is 0 Å². The predicted octanol–water partition coefficient (Wildman–Crippen LogP) is 2.61. The highest BCUT2D eigenvalue weighted by atomic mass is 32.2. The summed E-state index contributed by atoms with van der Waals surface area (Å²) >= 11 is 0. The molecule has 3 aromatic rings. The fraction of sp³-hybridized carbons (Fsp3) is 0.0588. The number of carbonyl (C=O) groups excluding carboxylic acids is 1. The lowest BCUT2D eigenvalue weighted by Gasteiger charge is -2.09. The molecule has 0 saturated heterocycles. The number of carbonyl (C=O) groups is 1. The van der Waals surface area contributed by atoms with Crippen LogP contribution >= 0.6 is 0 Å². The van der Waals surface area contributed by atoms with Crippen molar-refractivity contribution in [3.05, 3.63) is 72.2 Å². The van der Waals surface area contributed by atoms with Gasteiger partial charge in [0.2, 0.25) is 0 Å². The minimum Gasteiger partial charge on any atom is -0.305 e. The van der Waals surface area contributed by atoms with Gasteiger partial charge >= 0.3 is 0 Å². The standard InChI is InChI=1S/C17H15FN4O3S/c1-22-10-9-16(20-22)19-17(23)12-3-2-4-15(11-12)26(24,25)21-14-7-5-13(18)6-8-14/h2-11,21H,1H3,(H,19,20,23). The molecule has 0 saturated carbocycles. The van der Waals surface area contributed by atoms with E-state index in [9.17, 15) is 17.6 Å². The Morgan fingerprint density at radius 2 is 1.85 bits per heavy atom. The first-order valence-electron chi connectivity index (χ1n) is 7.53. The lowest BCUT2D eigenvalue weighted by atomic mass is 10.2. The summed E-state index contributed by atoms with van der Waals surface area (Å²) < 4.78 is 41.7. The molecular formula is C17H15FN4O3S. The molecule has 0 unspecified atom stereocenters. The Labute approximate surface area is 149 Å². The van der Waals surface area contributed by atoms with E-state index in [1.165, 1.54) is 41.1 Å². The average molecular weight is 374 g/mol. The molecular weight excluding hydrogens is 359 g/mol. The molecule has 0 aliphatic heterocycles. The Hall–Kier alpha value is -3.20. The first-order valence-corrected chi connectivity index (χ1v) is 9.01. The third kappa shape index (κ3) is 4.06. The van der Waals surface area contributed by atoms with E-state index in [0.29, 0.717) is 5.82 Å². The number of hydrogen-bond donors (Lipinski definition) is 2. The van der Waals surface area contributed by atoms with Crippen molar-refractivity contribution in [3.63, 3.8) is 0 Å². The van der Waals surface area contributed by atoms with Gasteiger partial charge in [-0.3, -0.25) is 14.2 Å². The largest absolute Gasteiger partial charge is 0.305 e. The Balaban J connectivity index is 1.81. The molecule has 3 rings (SSSR count). The quantitative estimate of drug-likeness (QED) is 0.718. The van der Waals surface area contributed by atoms with Crippen molar-refractivity contribution in [1.82, 2.24) is 9.78 Å². The van der Waals surface area contributed by atoms with Crippen LogP contribution in [0.15, 0.2) is 65.7 Å². The zero-order valence-corrected chi connectivity index (χ0v) is 14.5. The number of halogens is 1. The number of benzene rings is 2. The second kappa shape index (κ2) is 6.96. The van der Waals surface area contributed by atoms with Gasteiger partial charge in [0.1, 0.15) is 5.82 Å². The molecule has 2 N–H and O–H groups in total. The van der Waals surface area contributed by atoms with Crippen molar-refractivity contribution in [3.8, 4) is 0 Å². The molecule has 0 bridgehead atoms. The first-order chi connectivity index (χ1) is 12.3. The third-order valence-corrected chi connectivity index (χ3v) is 4.84. The maximum atomic E-state index is 12.9. The monoisotopic (exact) mass is 374 g/mol. The van der Waals surface area contributed by atoms with Crippen LogP contribution < -0.4 is 10.0 Å². The molecule has 0 atom stereocenters. The molecule has 0 aliphatic rings. The van der Waals surface area contributed by atoms with Crippen molar-refractivity contribution in [2.24, 2.45) is 7.05 Å². The summed E-state index contributed by atoms with van der Waals surface area (Å²) in [6.07, 6.45) is 1.67. The van der Waals surface area contributed by atoms with Gasteiger partial charge in [0.25, 0.3) is 15.9 Å². The van der Waals surface area contributed by atoms with Gasteiger partial charge in [-0.2, -0.15) is 5.10 Å². The normalized spacial score (nSPS) is 11.2. The van der Waals surface area contributed by atoms with Crippen LogP contribution in [0.1, 0.15) is 10.4 Å². The summed E-state index contributed by atoms with van der Waals surface area (Å²) in [5, 5.41) is 6.62. The fourth-order valence-corrected chi connectivity index (χ4v) is 3.31. The van der Waals surface area contributed by atoms with Crippen molar-refractivity contribution in [2.45, 2.75) is 4.90 Å². The topological polar surface area (TPSA) is 93.1 Å². The summed E-state index contributed by atoms with van der Waals surface area (Å²) in [6, 6.07) is 12.1. The van der Waals surface area contributed by atoms with Gasteiger partial charge in [-0.15, -0.1) is 0 Å².